The lowest BCUT2D eigenvalue weighted by molar-refractivity contribution is 0.0687. The number of hydrogen-bond donors (Lipinski definition) is 1. The maximum atomic E-state index is 12.9. The van der Waals surface area contributed by atoms with Crippen LogP contribution in [0.2, 0.25) is 0 Å². The molecule has 2 heterocycles. The highest BCUT2D eigenvalue weighted by atomic mass is 35.5. The molecule has 6 nitrogen and oxygen atoms in total. The highest BCUT2D eigenvalue weighted by molar-refractivity contribution is 7.92. The van der Waals surface area contributed by atoms with Crippen molar-refractivity contribution in [3.8, 4) is 0 Å². The van der Waals surface area contributed by atoms with Gasteiger partial charge in [0.05, 0.1) is 11.9 Å². The summed E-state index contributed by atoms with van der Waals surface area (Å²) in [5.74, 6) is 0.751. The van der Waals surface area contributed by atoms with Gasteiger partial charge in [0.25, 0.3) is 5.91 Å². The van der Waals surface area contributed by atoms with Crippen LogP contribution in [-0.2, 0) is 16.4 Å². The third-order valence-corrected chi connectivity index (χ3v) is 6.81. The second kappa shape index (κ2) is 8.80. The van der Waals surface area contributed by atoms with Crippen LogP contribution in [0.5, 0.6) is 0 Å². The summed E-state index contributed by atoms with van der Waals surface area (Å²) in [5, 5.41) is 3.19. The lowest BCUT2D eigenvalue weighted by Gasteiger charge is -2.32. The van der Waals surface area contributed by atoms with E-state index >= 15 is 0 Å². The highest BCUT2D eigenvalue weighted by Crippen LogP contribution is 2.35. The first-order valence-corrected chi connectivity index (χ1v) is 11.2. The van der Waals surface area contributed by atoms with Gasteiger partial charge in [-0.2, -0.15) is 0 Å². The van der Waals surface area contributed by atoms with Gasteiger partial charge in [0, 0.05) is 24.7 Å². The SMILES string of the molecule is CNCCC1CCN(C(=O)c2ccc3c(c2)CC(C)N3S(C)(=O)=O)CC1.Cl. The molecule has 1 N–H and O–H groups in total. The number of fused-ring (bicyclic) bond motifs is 1. The van der Waals surface area contributed by atoms with Crippen molar-refractivity contribution in [2.24, 2.45) is 5.92 Å². The van der Waals surface area contributed by atoms with Crippen LogP contribution in [-0.4, -0.2) is 58.2 Å². The maximum Gasteiger partial charge on any atom is 0.253 e. The van der Waals surface area contributed by atoms with Gasteiger partial charge in [-0.25, -0.2) is 8.42 Å². The van der Waals surface area contributed by atoms with E-state index in [2.05, 4.69) is 5.32 Å². The molecule has 1 fully saturated rings. The molecule has 1 amide bonds. The summed E-state index contributed by atoms with van der Waals surface area (Å²) < 4.78 is 25.5. The molecule has 1 saturated heterocycles. The predicted molar refractivity (Wildman–Crippen MR) is 111 cm³/mol. The van der Waals surface area contributed by atoms with Gasteiger partial charge >= 0.3 is 0 Å². The summed E-state index contributed by atoms with van der Waals surface area (Å²) in [5.41, 5.74) is 2.32. The standard InChI is InChI=1S/C19H29N3O3S.ClH/c1-14-12-17-13-16(4-5-18(17)22(14)26(3,24)25)19(23)21-10-7-15(8-11-21)6-9-20-2;/h4-5,13-15,20H,6-12H2,1-3H3;1H. The van der Waals surface area contributed by atoms with Crippen molar-refractivity contribution in [1.29, 1.82) is 0 Å². The molecule has 0 spiro atoms. The number of carbonyl (C=O) groups excluding carboxylic acids is 1. The minimum Gasteiger partial charge on any atom is -0.339 e. The van der Waals surface area contributed by atoms with E-state index in [-0.39, 0.29) is 24.4 Å². The number of likely N-dealkylation sites (tertiary alicyclic amines) is 1. The zero-order valence-electron chi connectivity index (χ0n) is 16.3. The van der Waals surface area contributed by atoms with Crippen molar-refractivity contribution in [1.82, 2.24) is 10.2 Å². The zero-order chi connectivity index (χ0) is 18.9. The topological polar surface area (TPSA) is 69.7 Å². The molecule has 1 aromatic carbocycles. The lowest BCUT2D eigenvalue weighted by Crippen LogP contribution is -2.39. The third-order valence-electron chi connectivity index (χ3n) is 5.54. The second-order valence-electron chi connectivity index (χ2n) is 7.58. The number of anilines is 1. The van der Waals surface area contributed by atoms with Gasteiger partial charge in [0.1, 0.15) is 0 Å². The van der Waals surface area contributed by atoms with Gasteiger partial charge in [-0.3, -0.25) is 9.10 Å². The molecule has 0 aliphatic carbocycles. The number of nitrogens with zero attached hydrogens (tertiary/aromatic N) is 2. The van der Waals surface area contributed by atoms with E-state index in [9.17, 15) is 13.2 Å². The number of carbonyl (C=O) groups is 1. The number of halogens is 1. The van der Waals surface area contributed by atoms with Gasteiger partial charge in [0.15, 0.2) is 0 Å². The number of piperidine rings is 1. The fourth-order valence-electron chi connectivity index (χ4n) is 4.20. The number of hydrogen-bond acceptors (Lipinski definition) is 4. The first-order chi connectivity index (χ1) is 12.3. The van der Waals surface area contributed by atoms with Gasteiger partial charge in [-0.15, -0.1) is 12.4 Å². The Kier molecular flexibility index (Phi) is 7.16. The summed E-state index contributed by atoms with van der Waals surface area (Å²) >= 11 is 0. The van der Waals surface area contributed by atoms with E-state index in [1.807, 2.05) is 24.9 Å². The Morgan fingerprint density at radius 1 is 1.26 bits per heavy atom. The Morgan fingerprint density at radius 3 is 2.52 bits per heavy atom. The quantitative estimate of drug-likeness (QED) is 0.800. The van der Waals surface area contributed by atoms with E-state index in [4.69, 9.17) is 0 Å². The number of benzene rings is 1. The molecule has 0 radical (unpaired) electrons. The predicted octanol–water partition coefficient (Wildman–Crippen LogP) is 2.28. The molecular weight excluding hydrogens is 386 g/mol. The minimum absolute atomic E-state index is 0. The van der Waals surface area contributed by atoms with Crippen LogP contribution in [0.15, 0.2) is 18.2 Å². The van der Waals surface area contributed by atoms with Gasteiger partial charge in [-0.1, -0.05) is 0 Å². The Balaban J connectivity index is 0.00000261. The Hall–Kier alpha value is -1.31. The molecule has 27 heavy (non-hydrogen) atoms. The Morgan fingerprint density at radius 2 is 1.93 bits per heavy atom. The average molecular weight is 416 g/mol. The Bertz CT molecular complexity index is 776. The number of sulfonamides is 1. The molecule has 0 bridgehead atoms. The van der Waals surface area contributed by atoms with E-state index in [0.29, 0.717) is 23.6 Å². The van der Waals surface area contributed by atoms with Crippen LogP contribution in [0.3, 0.4) is 0 Å². The van der Waals surface area contributed by atoms with Crippen molar-refractivity contribution in [2.75, 3.05) is 37.2 Å². The molecule has 3 rings (SSSR count). The number of nitrogens with one attached hydrogen (secondary N) is 1. The molecule has 8 heteroatoms. The maximum absolute atomic E-state index is 12.9. The monoisotopic (exact) mass is 415 g/mol. The number of amides is 1. The van der Waals surface area contributed by atoms with Crippen molar-refractivity contribution in [3.63, 3.8) is 0 Å². The van der Waals surface area contributed by atoms with Crippen LogP contribution in [0, 0.1) is 5.92 Å². The lowest BCUT2D eigenvalue weighted by atomic mass is 9.93. The van der Waals surface area contributed by atoms with E-state index in [0.717, 1.165) is 44.5 Å². The van der Waals surface area contributed by atoms with Crippen LogP contribution < -0.4 is 9.62 Å². The fraction of sp³-hybridized carbons (Fsp3) is 0.632. The molecular formula is C19H30ClN3O3S. The first-order valence-electron chi connectivity index (χ1n) is 9.37. The smallest absolute Gasteiger partial charge is 0.253 e. The molecule has 0 aromatic heterocycles. The third kappa shape index (κ3) is 4.76. The van der Waals surface area contributed by atoms with Crippen molar-refractivity contribution < 1.29 is 13.2 Å². The fourth-order valence-corrected chi connectivity index (χ4v) is 5.46. The van der Waals surface area contributed by atoms with Gasteiger partial charge < -0.3 is 10.2 Å². The molecule has 2 aliphatic rings. The largest absolute Gasteiger partial charge is 0.339 e. The summed E-state index contributed by atoms with van der Waals surface area (Å²) in [4.78, 5) is 14.8. The van der Waals surface area contributed by atoms with Crippen LogP contribution in [0.4, 0.5) is 5.69 Å². The molecule has 2 aliphatic heterocycles. The van der Waals surface area contributed by atoms with Crippen molar-refractivity contribution in [3.05, 3.63) is 29.3 Å². The van der Waals surface area contributed by atoms with Crippen molar-refractivity contribution >= 4 is 34.0 Å². The summed E-state index contributed by atoms with van der Waals surface area (Å²) in [6.45, 7) is 4.53. The minimum atomic E-state index is -3.30. The normalized spacial score (nSPS) is 20.3. The second-order valence-corrected chi connectivity index (χ2v) is 9.44. The molecule has 152 valence electrons. The zero-order valence-corrected chi connectivity index (χ0v) is 17.9. The van der Waals surface area contributed by atoms with Gasteiger partial charge in [0.2, 0.25) is 10.0 Å². The van der Waals surface area contributed by atoms with Crippen LogP contribution in [0.25, 0.3) is 0 Å². The average Bonchev–Trinajstić information content (AvgIpc) is 2.94. The molecule has 1 aromatic rings. The number of rotatable bonds is 5. The summed E-state index contributed by atoms with van der Waals surface area (Å²) in [6, 6.07) is 5.33. The molecule has 1 atom stereocenters. The Labute approximate surface area is 168 Å². The van der Waals surface area contributed by atoms with E-state index in [1.165, 1.54) is 10.6 Å². The van der Waals surface area contributed by atoms with Crippen molar-refractivity contribution in [2.45, 2.75) is 38.6 Å². The molecule has 0 saturated carbocycles. The van der Waals surface area contributed by atoms with E-state index < -0.39 is 10.0 Å². The highest BCUT2D eigenvalue weighted by Gasteiger charge is 2.33. The van der Waals surface area contributed by atoms with Crippen LogP contribution >= 0.6 is 12.4 Å². The molecule has 1 unspecified atom stereocenters. The summed E-state index contributed by atoms with van der Waals surface area (Å²) in [7, 11) is -1.33. The van der Waals surface area contributed by atoms with Crippen LogP contribution in [0.1, 0.15) is 42.1 Å². The summed E-state index contributed by atoms with van der Waals surface area (Å²) in [6.07, 6.45) is 5.15. The van der Waals surface area contributed by atoms with Gasteiger partial charge in [-0.05, 0) is 75.9 Å². The first kappa shape index (κ1) is 22.0. The van der Waals surface area contributed by atoms with E-state index in [1.54, 1.807) is 12.1 Å².